The molecule has 0 bridgehead atoms. The Balaban J connectivity index is 1.79. The van der Waals surface area contributed by atoms with Crippen LogP contribution in [0, 0.1) is 18.8 Å². The molecule has 1 aliphatic carbocycles. The molecule has 1 aromatic heterocycles. The Labute approximate surface area is 121 Å². The highest BCUT2D eigenvalue weighted by Gasteiger charge is 2.21. The second-order valence-electron chi connectivity index (χ2n) is 6.37. The number of benzene rings is 1. The predicted octanol–water partition coefficient (Wildman–Crippen LogP) is 4.14. The number of anilines is 1. The van der Waals surface area contributed by atoms with E-state index in [1.165, 1.54) is 43.2 Å². The number of imidazole rings is 1. The van der Waals surface area contributed by atoms with Crippen LogP contribution < -0.4 is 5.73 Å². The molecule has 2 N–H and O–H groups in total. The van der Waals surface area contributed by atoms with Crippen molar-refractivity contribution in [1.82, 2.24) is 9.55 Å². The van der Waals surface area contributed by atoms with E-state index < -0.39 is 0 Å². The first kappa shape index (κ1) is 13.5. The molecule has 1 heterocycles. The van der Waals surface area contributed by atoms with E-state index >= 15 is 0 Å². The fraction of sp³-hybridized carbons (Fsp3) is 0.588. The molecular weight excluding hydrogens is 246 g/mol. The summed E-state index contributed by atoms with van der Waals surface area (Å²) in [6, 6.07) is 6.43. The van der Waals surface area contributed by atoms with Gasteiger partial charge in [0.2, 0.25) is 5.95 Å². The van der Waals surface area contributed by atoms with Crippen molar-refractivity contribution in [3.05, 3.63) is 23.8 Å². The minimum atomic E-state index is 0.670. The molecule has 2 aromatic rings. The summed E-state index contributed by atoms with van der Waals surface area (Å²) in [5.41, 5.74) is 9.59. The first-order valence-corrected chi connectivity index (χ1v) is 7.89. The molecule has 3 heteroatoms. The van der Waals surface area contributed by atoms with Gasteiger partial charge >= 0.3 is 0 Å². The molecule has 1 fully saturated rings. The van der Waals surface area contributed by atoms with Crippen molar-refractivity contribution in [3.8, 4) is 0 Å². The average Bonchev–Trinajstić information content (AvgIpc) is 2.75. The quantitative estimate of drug-likeness (QED) is 0.911. The fourth-order valence-electron chi connectivity index (χ4n) is 3.53. The maximum atomic E-state index is 6.13. The summed E-state index contributed by atoms with van der Waals surface area (Å²) < 4.78 is 2.21. The maximum absolute atomic E-state index is 6.13. The minimum absolute atomic E-state index is 0.670. The van der Waals surface area contributed by atoms with Gasteiger partial charge in [-0.05, 0) is 49.3 Å². The van der Waals surface area contributed by atoms with Gasteiger partial charge in [0.25, 0.3) is 0 Å². The van der Waals surface area contributed by atoms with Crippen LogP contribution in [0.25, 0.3) is 11.0 Å². The van der Waals surface area contributed by atoms with E-state index in [1.807, 2.05) is 0 Å². The van der Waals surface area contributed by atoms with Crippen LogP contribution in [0.1, 0.15) is 44.6 Å². The van der Waals surface area contributed by atoms with Crippen LogP contribution in [-0.4, -0.2) is 9.55 Å². The monoisotopic (exact) mass is 271 g/mol. The predicted molar refractivity (Wildman–Crippen MR) is 84.6 cm³/mol. The van der Waals surface area contributed by atoms with E-state index in [4.69, 9.17) is 5.73 Å². The van der Waals surface area contributed by atoms with Crippen LogP contribution in [-0.2, 0) is 6.54 Å². The molecule has 3 rings (SSSR count). The van der Waals surface area contributed by atoms with Gasteiger partial charge in [-0.2, -0.15) is 0 Å². The van der Waals surface area contributed by atoms with Crippen LogP contribution in [0.15, 0.2) is 18.2 Å². The molecular formula is C17H25N3. The van der Waals surface area contributed by atoms with Crippen molar-refractivity contribution >= 4 is 17.0 Å². The molecule has 0 spiro atoms. The smallest absolute Gasteiger partial charge is 0.201 e. The zero-order valence-electron chi connectivity index (χ0n) is 12.6. The number of nitrogens with zero attached hydrogens (tertiary/aromatic N) is 2. The summed E-state index contributed by atoms with van der Waals surface area (Å²) in [4.78, 5) is 4.51. The zero-order valence-corrected chi connectivity index (χ0v) is 12.6. The molecule has 20 heavy (non-hydrogen) atoms. The average molecular weight is 271 g/mol. The number of fused-ring (bicyclic) bond motifs is 1. The molecule has 3 nitrogen and oxygen atoms in total. The molecule has 108 valence electrons. The number of aromatic nitrogens is 2. The number of nitrogen functional groups attached to an aromatic ring is 1. The summed E-state index contributed by atoms with van der Waals surface area (Å²) in [6.45, 7) is 5.44. The third-order valence-electron chi connectivity index (χ3n) is 4.92. The van der Waals surface area contributed by atoms with E-state index in [-0.39, 0.29) is 0 Å². The van der Waals surface area contributed by atoms with Crippen LogP contribution in [0.3, 0.4) is 0 Å². The molecule has 0 radical (unpaired) electrons. The molecule has 0 unspecified atom stereocenters. The molecule has 1 aromatic carbocycles. The minimum Gasteiger partial charge on any atom is -0.369 e. The van der Waals surface area contributed by atoms with E-state index in [2.05, 4.69) is 41.6 Å². The first-order valence-electron chi connectivity index (χ1n) is 7.89. The summed E-state index contributed by atoms with van der Waals surface area (Å²) in [7, 11) is 0. The highest BCUT2D eigenvalue weighted by atomic mass is 15.2. The lowest BCUT2D eigenvalue weighted by Gasteiger charge is -2.28. The maximum Gasteiger partial charge on any atom is 0.201 e. The van der Waals surface area contributed by atoms with Gasteiger partial charge in [-0.3, -0.25) is 0 Å². The van der Waals surface area contributed by atoms with Crippen LogP contribution in [0.4, 0.5) is 5.95 Å². The summed E-state index contributed by atoms with van der Waals surface area (Å²) in [5, 5.41) is 0. The summed E-state index contributed by atoms with van der Waals surface area (Å²) >= 11 is 0. The molecule has 0 atom stereocenters. The second-order valence-corrected chi connectivity index (χ2v) is 6.37. The van der Waals surface area contributed by atoms with Crippen LogP contribution >= 0.6 is 0 Å². The van der Waals surface area contributed by atoms with Crippen LogP contribution in [0.2, 0.25) is 0 Å². The number of aryl methyl sites for hydroxylation is 1. The van der Waals surface area contributed by atoms with E-state index in [0.717, 1.165) is 23.9 Å². The number of rotatable bonds is 3. The van der Waals surface area contributed by atoms with Gasteiger partial charge in [-0.25, -0.2) is 4.98 Å². The topological polar surface area (TPSA) is 43.8 Å². The fourth-order valence-corrected chi connectivity index (χ4v) is 3.53. The number of hydrogen-bond acceptors (Lipinski definition) is 2. The Morgan fingerprint density at radius 1 is 1.20 bits per heavy atom. The van der Waals surface area contributed by atoms with Gasteiger partial charge in [-0.15, -0.1) is 0 Å². The van der Waals surface area contributed by atoms with Crippen molar-refractivity contribution in [2.24, 2.45) is 11.8 Å². The number of hydrogen-bond donors (Lipinski definition) is 1. The largest absolute Gasteiger partial charge is 0.369 e. The van der Waals surface area contributed by atoms with Crippen molar-refractivity contribution in [1.29, 1.82) is 0 Å². The van der Waals surface area contributed by atoms with Crippen molar-refractivity contribution in [2.75, 3.05) is 5.73 Å². The lowest BCUT2D eigenvalue weighted by molar-refractivity contribution is 0.250. The van der Waals surface area contributed by atoms with Crippen molar-refractivity contribution in [3.63, 3.8) is 0 Å². The third-order valence-corrected chi connectivity index (χ3v) is 4.92. The van der Waals surface area contributed by atoms with E-state index in [1.54, 1.807) is 0 Å². The van der Waals surface area contributed by atoms with Gasteiger partial charge in [-0.1, -0.05) is 32.3 Å². The van der Waals surface area contributed by atoms with Crippen molar-refractivity contribution < 1.29 is 0 Å². The van der Waals surface area contributed by atoms with Gasteiger partial charge in [0.15, 0.2) is 0 Å². The molecule has 0 amide bonds. The molecule has 1 aliphatic rings. The SMILES string of the molecule is CCC1CCC(Cn2c(N)nc3cc(C)ccc32)CC1. The highest BCUT2D eigenvalue weighted by Crippen LogP contribution is 2.32. The second kappa shape index (κ2) is 5.47. The highest BCUT2D eigenvalue weighted by molar-refractivity contribution is 5.79. The third kappa shape index (κ3) is 2.54. The van der Waals surface area contributed by atoms with Gasteiger partial charge in [0.05, 0.1) is 11.0 Å². The Bertz CT molecular complexity index is 592. The molecule has 1 saturated carbocycles. The lowest BCUT2D eigenvalue weighted by Crippen LogP contribution is -2.19. The zero-order chi connectivity index (χ0) is 14.1. The number of nitrogens with two attached hydrogens (primary N) is 1. The molecule has 0 saturated heterocycles. The summed E-state index contributed by atoms with van der Waals surface area (Å²) in [6.07, 6.45) is 6.77. The van der Waals surface area contributed by atoms with Gasteiger partial charge in [0, 0.05) is 6.54 Å². The van der Waals surface area contributed by atoms with Crippen molar-refractivity contribution in [2.45, 2.75) is 52.5 Å². The Kier molecular flexibility index (Phi) is 3.68. The van der Waals surface area contributed by atoms with Gasteiger partial charge in [0.1, 0.15) is 0 Å². The van der Waals surface area contributed by atoms with E-state index in [0.29, 0.717) is 5.95 Å². The summed E-state index contributed by atoms with van der Waals surface area (Å²) in [5.74, 6) is 2.38. The molecule has 0 aliphatic heterocycles. The standard InChI is InChI=1S/C17H25N3/c1-3-13-5-7-14(8-6-13)11-20-16-9-4-12(2)10-15(16)19-17(20)18/h4,9-10,13-14H,3,5-8,11H2,1-2H3,(H2,18,19). The Morgan fingerprint density at radius 3 is 2.60 bits per heavy atom. The lowest BCUT2D eigenvalue weighted by atomic mass is 9.81. The van der Waals surface area contributed by atoms with Crippen LogP contribution in [0.5, 0.6) is 0 Å². The Morgan fingerprint density at radius 2 is 1.90 bits per heavy atom. The van der Waals surface area contributed by atoms with E-state index in [9.17, 15) is 0 Å². The first-order chi connectivity index (χ1) is 9.67. The normalized spacial score (nSPS) is 23.3. The Hall–Kier alpha value is -1.51. The van der Waals surface area contributed by atoms with Gasteiger partial charge < -0.3 is 10.3 Å².